The largest absolute Gasteiger partial charge is 0.325 e. The Bertz CT molecular complexity index is 378. The van der Waals surface area contributed by atoms with Crippen LogP contribution in [-0.2, 0) is 4.79 Å². The Morgan fingerprint density at radius 1 is 1.26 bits per heavy atom. The van der Waals surface area contributed by atoms with Crippen LogP contribution in [0.3, 0.4) is 0 Å². The van der Waals surface area contributed by atoms with Gasteiger partial charge in [-0.05, 0) is 37.6 Å². The summed E-state index contributed by atoms with van der Waals surface area (Å²) < 4.78 is 0. The normalized spacial score (nSPS) is 12.2. The van der Waals surface area contributed by atoms with Crippen LogP contribution in [0.15, 0.2) is 24.3 Å². The molecule has 0 radical (unpaired) electrons. The van der Waals surface area contributed by atoms with E-state index in [0.717, 1.165) is 12.1 Å². The molecule has 0 spiro atoms. The lowest BCUT2D eigenvalue weighted by Crippen LogP contribution is -2.34. The lowest BCUT2D eigenvalue weighted by atomic mass is 10.1. The number of halogens is 1. The average molecular weight is 283 g/mol. The molecule has 0 bridgehead atoms. The maximum Gasteiger partial charge on any atom is 0.238 e. The van der Waals surface area contributed by atoms with Gasteiger partial charge < -0.3 is 10.6 Å². The Morgan fingerprint density at radius 2 is 1.95 bits per heavy atom. The summed E-state index contributed by atoms with van der Waals surface area (Å²) in [7, 11) is 0. The molecule has 0 aliphatic carbocycles. The zero-order valence-corrected chi connectivity index (χ0v) is 12.5. The minimum absolute atomic E-state index is 0.0235. The fraction of sp³-hybridized carbons (Fsp3) is 0.533. The van der Waals surface area contributed by atoms with E-state index in [-0.39, 0.29) is 5.91 Å². The predicted molar refractivity (Wildman–Crippen MR) is 81.7 cm³/mol. The van der Waals surface area contributed by atoms with Crippen molar-refractivity contribution in [3.05, 3.63) is 29.3 Å². The first-order chi connectivity index (χ1) is 9.11. The number of benzene rings is 1. The third-order valence-corrected chi connectivity index (χ3v) is 3.23. The predicted octanol–water partition coefficient (Wildman–Crippen LogP) is 3.84. The van der Waals surface area contributed by atoms with Gasteiger partial charge in [-0.25, -0.2) is 0 Å². The summed E-state index contributed by atoms with van der Waals surface area (Å²) in [6.45, 7) is 4.65. The van der Waals surface area contributed by atoms with Gasteiger partial charge in [0.2, 0.25) is 5.91 Å². The number of hydrogen-bond donors (Lipinski definition) is 2. The lowest BCUT2D eigenvalue weighted by Gasteiger charge is -2.13. The number of rotatable bonds is 8. The molecule has 1 unspecified atom stereocenters. The maximum absolute atomic E-state index is 11.7. The number of amides is 1. The van der Waals surface area contributed by atoms with Gasteiger partial charge in [0.05, 0.1) is 6.54 Å². The van der Waals surface area contributed by atoms with E-state index in [1.807, 2.05) is 0 Å². The minimum Gasteiger partial charge on any atom is -0.325 e. The summed E-state index contributed by atoms with van der Waals surface area (Å²) in [4.78, 5) is 11.7. The quantitative estimate of drug-likeness (QED) is 0.712. The van der Waals surface area contributed by atoms with Crippen molar-refractivity contribution in [3.8, 4) is 0 Å². The summed E-state index contributed by atoms with van der Waals surface area (Å²) >= 11 is 5.79. The van der Waals surface area contributed by atoms with E-state index in [9.17, 15) is 4.79 Å². The van der Waals surface area contributed by atoms with E-state index in [0.29, 0.717) is 17.6 Å². The third-order valence-electron chi connectivity index (χ3n) is 2.98. The van der Waals surface area contributed by atoms with Crippen LogP contribution < -0.4 is 10.6 Å². The highest BCUT2D eigenvalue weighted by molar-refractivity contribution is 6.30. The van der Waals surface area contributed by atoms with Crippen molar-refractivity contribution >= 4 is 23.2 Å². The minimum atomic E-state index is -0.0235. The van der Waals surface area contributed by atoms with Crippen LogP contribution in [0.25, 0.3) is 0 Å². The first-order valence-electron chi connectivity index (χ1n) is 6.90. The van der Waals surface area contributed by atoms with Gasteiger partial charge in [-0.15, -0.1) is 0 Å². The van der Waals surface area contributed by atoms with Gasteiger partial charge in [0.25, 0.3) is 0 Å². The van der Waals surface area contributed by atoms with E-state index in [1.54, 1.807) is 24.3 Å². The number of carbonyl (C=O) groups is 1. The second kappa shape index (κ2) is 8.94. The van der Waals surface area contributed by atoms with E-state index < -0.39 is 0 Å². The number of carbonyl (C=O) groups excluding carboxylic acids is 1. The Labute approximate surface area is 120 Å². The van der Waals surface area contributed by atoms with Crippen molar-refractivity contribution in [3.63, 3.8) is 0 Å². The fourth-order valence-corrected chi connectivity index (χ4v) is 1.93. The molecule has 1 amide bonds. The molecule has 3 nitrogen and oxygen atoms in total. The smallest absolute Gasteiger partial charge is 0.238 e. The van der Waals surface area contributed by atoms with Crippen LogP contribution in [0.2, 0.25) is 5.02 Å². The Balaban J connectivity index is 2.22. The van der Waals surface area contributed by atoms with Crippen molar-refractivity contribution in [1.29, 1.82) is 0 Å². The van der Waals surface area contributed by atoms with Crippen LogP contribution in [0.4, 0.5) is 5.69 Å². The van der Waals surface area contributed by atoms with Gasteiger partial charge in [-0.1, -0.05) is 37.8 Å². The van der Waals surface area contributed by atoms with E-state index >= 15 is 0 Å². The number of hydrogen-bond acceptors (Lipinski definition) is 2. The molecule has 0 saturated carbocycles. The Hall–Kier alpha value is -1.06. The second-order valence-electron chi connectivity index (χ2n) is 4.83. The number of anilines is 1. The van der Waals surface area contributed by atoms with Crippen molar-refractivity contribution in [2.24, 2.45) is 0 Å². The monoisotopic (exact) mass is 282 g/mol. The average Bonchev–Trinajstić information content (AvgIpc) is 2.39. The maximum atomic E-state index is 11.7. The molecule has 1 rings (SSSR count). The topological polar surface area (TPSA) is 41.1 Å². The summed E-state index contributed by atoms with van der Waals surface area (Å²) in [5, 5.41) is 6.73. The molecule has 0 fully saturated rings. The molecule has 1 atom stereocenters. The Kier molecular flexibility index (Phi) is 7.53. The molecule has 106 valence electrons. The van der Waals surface area contributed by atoms with Gasteiger partial charge in [-0.2, -0.15) is 0 Å². The van der Waals surface area contributed by atoms with Crippen LogP contribution >= 0.6 is 11.6 Å². The summed E-state index contributed by atoms with van der Waals surface area (Å²) in [6, 6.07) is 7.49. The fourth-order valence-electron chi connectivity index (χ4n) is 1.81. The molecule has 19 heavy (non-hydrogen) atoms. The molecule has 0 aliphatic rings. The molecule has 0 saturated heterocycles. The lowest BCUT2D eigenvalue weighted by molar-refractivity contribution is -0.115. The molecule has 2 N–H and O–H groups in total. The first-order valence-corrected chi connectivity index (χ1v) is 7.28. The molecular weight excluding hydrogens is 260 g/mol. The van der Waals surface area contributed by atoms with Crippen LogP contribution in [-0.4, -0.2) is 18.5 Å². The van der Waals surface area contributed by atoms with Crippen LogP contribution in [0, 0.1) is 0 Å². The molecule has 0 aliphatic heterocycles. The molecule has 4 heteroatoms. The zero-order valence-electron chi connectivity index (χ0n) is 11.7. The highest BCUT2D eigenvalue weighted by Gasteiger charge is 2.05. The highest BCUT2D eigenvalue weighted by atomic mass is 35.5. The van der Waals surface area contributed by atoms with E-state index in [2.05, 4.69) is 24.5 Å². The second-order valence-corrected chi connectivity index (χ2v) is 5.27. The number of unbranched alkanes of at least 4 members (excludes halogenated alkanes) is 2. The summed E-state index contributed by atoms with van der Waals surface area (Å²) in [6.07, 6.45) is 4.80. The van der Waals surface area contributed by atoms with E-state index in [4.69, 9.17) is 11.6 Å². The zero-order chi connectivity index (χ0) is 14.1. The van der Waals surface area contributed by atoms with Crippen molar-refractivity contribution in [2.45, 2.75) is 45.6 Å². The summed E-state index contributed by atoms with van der Waals surface area (Å²) in [5.74, 6) is -0.0235. The first kappa shape index (κ1) is 16.0. The van der Waals surface area contributed by atoms with E-state index in [1.165, 1.54) is 19.3 Å². The van der Waals surface area contributed by atoms with Gasteiger partial charge in [0, 0.05) is 16.8 Å². The molecule has 1 aromatic rings. The van der Waals surface area contributed by atoms with Crippen LogP contribution in [0.1, 0.15) is 39.5 Å². The SMILES string of the molecule is CCCCCC(C)NCC(=O)Nc1ccc(Cl)cc1. The van der Waals surface area contributed by atoms with Gasteiger partial charge in [-0.3, -0.25) is 4.79 Å². The molecule has 0 aromatic heterocycles. The standard InChI is InChI=1S/C15H23ClN2O/c1-3-4-5-6-12(2)17-11-15(19)18-14-9-7-13(16)8-10-14/h7-10,12,17H,3-6,11H2,1-2H3,(H,18,19). The van der Waals surface area contributed by atoms with Gasteiger partial charge in [0.15, 0.2) is 0 Å². The van der Waals surface area contributed by atoms with Crippen molar-refractivity contribution in [2.75, 3.05) is 11.9 Å². The molecule has 1 aromatic carbocycles. The highest BCUT2D eigenvalue weighted by Crippen LogP contribution is 2.13. The van der Waals surface area contributed by atoms with Gasteiger partial charge >= 0.3 is 0 Å². The third kappa shape index (κ3) is 7.19. The van der Waals surface area contributed by atoms with Crippen LogP contribution in [0.5, 0.6) is 0 Å². The van der Waals surface area contributed by atoms with Crippen molar-refractivity contribution < 1.29 is 4.79 Å². The molecular formula is C15H23ClN2O. The van der Waals surface area contributed by atoms with Crippen molar-refractivity contribution in [1.82, 2.24) is 5.32 Å². The summed E-state index contributed by atoms with van der Waals surface area (Å²) in [5.41, 5.74) is 0.773. The molecule has 0 heterocycles. The van der Waals surface area contributed by atoms with Gasteiger partial charge in [0.1, 0.15) is 0 Å². The Morgan fingerprint density at radius 3 is 2.58 bits per heavy atom. The number of nitrogens with one attached hydrogen (secondary N) is 2.